The van der Waals surface area contributed by atoms with Gasteiger partial charge in [-0.25, -0.2) is 0 Å². The molecule has 0 N–H and O–H groups in total. The third-order valence-corrected chi connectivity index (χ3v) is 1.30. The maximum atomic E-state index is 3.77. The molecule has 7 heavy (non-hydrogen) atoms. The average molecular weight is 114 g/mol. The molecule has 40 valence electrons. The highest BCUT2D eigenvalue weighted by Gasteiger charge is 1.80. The molecule has 0 heterocycles. The van der Waals surface area contributed by atoms with E-state index >= 15 is 0 Å². The summed E-state index contributed by atoms with van der Waals surface area (Å²) in [7, 11) is 2.62. The summed E-state index contributed by atoms with van der Waals surface area (Å²) < 4.78 is 0. The summed E-state index contributed by atoms with van der Waals surface area (Å²) in [6.45, 7) is 7.35. The van der Waals surface area contributed by atoms with Crippen molar-refractivity contribution in [3.8, 4) is 0 Å². The van der Waals surface area contributed by atoms with Gasteiger partial charge in [0.05, 0.1) is 0 Å². The molecule has 1 heteroatoms. The number of hydrogen-bond donors (Lipinski definition) is 0. The molecule has 0 bridgehead atoms. The van der Waals surface area contributed by atoms with Gasteiger partial charge in [-0.3, -0.25) is 0 Å². The predicted molar refractivity (Wildman–Crippen MR) is 38.5 cm³/mol. The fourth-order valence-corrected chi connectivity index (χ4v) is 0.454. The lowest BCUT2D eigenvalue weighted by Gasteiger charge is -1.90. The van der Waals surface area contributed by atoms with Crippen molar-refractivity contribution < 1.29 is 0 Å². The van der Waals surface area contributed by atoms with E-state index in [0.29, 0.717) is 0 Å². The second-order valence-electron chi connectivity index (χ2n) is 1.45. The minimum Gasteiger partial charge on any atom is -0.133 e. The SMILES string of the molecule is C=CCC(=C)CP. The average Bonchev–Trinajstić information content (AvgIpc) is 1.68. The third-order valence-electron chi connectivity index (χ3n) is 0.722. The van der Waals surface area contributed by atoms with Crippen molar-refractivity contribution in [1.82, 2.24) is 0 Å². The molecule has 0 fully saturated rings. The van der Waals surface area contributed by atoms with Crippen molar-refractivity contribution in [2.24, 2.45) is 0 Å². The zero-order valence-electron chi connectivity index (χ0n) is 4.48. The molecule has 0 radical (unpaired) electrons. The van der Waals surface area contributed by atoms with Gasteiger partial charge in [-0.2, -0.15) is 0 Å². The van der Waals surface area contributed by atoms with E-state index < -0.39 is 0 Å². The van der Waals surface area contributed by atoms with Crippen LogP contribution in [-0.2, 0) is 0 Å². The van der Waals surface area contributed by atoms with Crippen LogP contribution in [0.2, 0.25) is 0 Å². The maximum Gasteiger partial charge on any atom is -0.0141 e. The first-order valence-corrected chi connectivity index (χ1v) is 3.10. The fourth-order valence-electron chi connectivity index (χ4n) is 0.287. The Morgan fingerprint density at radius 3 is 2.43 bits per heavy atom. The molecule has 0 saturated heterocycles. The molecule has 0 nitrogen and oxygen atoms in total. The van der Waals surface area contributed by atoms with E-state index in [-0.39, 0.29) is 0 Å². The van der Waals surface area contributed by atoms with Crippen LogP contribution in [0.1, 0.15) is 6.42 Å². The fraction of sp³-hybridized carbons (Fsp3) is 0.333. The van der Waals surface area contributed by atoms with Gasteiger partial charge in [0.1, 0.15) is 0 Å². The smallest absolute Gasteiger partial charge is 0.0141 e. The second-order valence-corrected chi connectivity index (χ2v) is 1.86. The Hall–Kier alpha value is -0.0900. The zero-order chi connectivity index (χ0) is 5.70. The molecular weight excluding hydrogens is 103 g/mol. The van der Waals surface area contributed by atoms with E-state index in [0.717, 1.165) is 12.6 Å². The minimum absolute atomic E-state index is 0.948. The molecule has 1 unspecified atom stereocenters. The van der Waals surface area contributed by atoms with Crippen LogP contribution >= 0.6 is 9.24 Å². The summed E-state index contributed by atoms with van der Waals surface area (Å²) in [6.07, 6.45) is 3.81. The summed E-state index contributed by atoms with van der Waals surface area (Å²) in [5, 5.41) is 0. The van der Waals surface area contributed by atoms with Gasteiger partial charge in [-0.15, -0.1) is 15.8 Å². The third kappa shape index (κ3) is 3.75. The Bertz CT molecular complexity index is 74.2. The van der Waals surface area contributed by atoms with Crippen LogP contribution in [0.25, 0.3) is 0 Å². The predicted octanol–water partition coefficient (Wildman–Crippen LogP) is 1.99. The monoisotopic (exact) mass is 114 g/mol. The highest BCUT2D eigenvalue weighted by atomic mass is 31.0. The van der Waals surface area contributed by atoms with E-state index in [1.54, 1.807) is 0 Å². The van der Waals surface area contributed by atoms with Crippen LogP contribution in [0.5, 0.6) is 0 Å². The molecule has 0 aliphatic heterocycles. The van der Waals surface area contributed by atoms with Crippen molar-refractivity contribution in [1.29, 1.82) is 0 Å². The molecule has 0 aromatic heterocycles. The minimum atomic E-state index is 0.948. The van der Waals surface area contributed by atoms with Crippen LogP contribution < -0.4 is 0 Å². The number of allylic oxidation sites excluding steroid dienone is 2. The first kappa shape index (κ1) is 6.91. The molecule has 0 rings (SSSR count). The van der Waals surface area contributed by atoms with E-state index in [1.165, 1.54) is 5.57 Å². The van der Waals surface area contributed by atoms with Crippen molar-refractivity contribution in [2.75, 3.05) is 6.16 Å². The van der Waals surface area contributed by atoms with Gasteiger partial charge in [0.2, 0.25) is 0 Å². The van der Waals surface area contributed by atoms with E-state index in [1.807, 2.05) is 6.08 Å². The molecule has 0 amide bonds. The van der Waals surface area contributed by atoms with E-state index in [4.69, 9.17) is 0 Å². The van der Waals surface area contributed by atoms with E-state index in [9.17, 15) is 0 Å². The Morgan fingerprint density at radius 1 is 1.71 bits per heavy atom. The molecule has 0 aromatic rings. The van der Waals surface area contributed by atoms with Crippen LogP contribution in [0.3, 0.4) is 0 Å². The van der Waals surface area contributed by atoms with Gasteiger partial charge in [0, 0.05) is 0 Å². The highest BCUT2D eigenvalue weighted by Crippen LogP contribution is 2.00. The van der Waals surface area contributed by atoms with E-state index in [2.05, 4.69) is 22.4 Å². The van der Waals surface area contributed by atoms with Crippen LogP contribution in [0, 0.1) is 0 Å². The van der Waals surface area contributed by atoms with Crippen LogP contribution in [-0.4, -0.2) is 6.16 Å². The summed E-state index contributed by atoms with van der Waals surface area (Å²) >= 11 is 0. The van der Waals surface area contributed by atoms with Crippen molar-refractivity contribution in [3.63, 3.8) is 0 Å². The molecule has 1 atom stereocenters. The quantitative estimate of drug-likeness (QED) is 0.389. The Labute approximate surface area is 47.5 Å². The topological polar surface area (TPSA) is 0 Å². The second kappa shape index (κ2) is 4.08. The lowest BCUT2D eigenvalue weighted by Crippen LogP contribution is -1.75. The lowest BCUT2D eigenvalue weighted by molar-refractivity contribution is 1.25. The van der Waals surface area contributed by atoms with Crippen molar-refractivity contribution >= 4 is 9.24 Å². The molecule has 0 aliphatic rings. The van der Waals surface area contributed by atoms with Crippen molar-refractivity contribution in [3.05, 3.63) is 24.8 Å². The van der Waals surface area contributed by atoms with Gasteiger partial charge >= 0.3 is 0 Å². The molecule has 0 aromatic carbocycles. The Morgan fingerprint density at radius 2 is 2.29 bits per heavy atom. The van der Waals surface area contributed by atoms with Crippen LogP contribution in [0.4, 0.5) is 0 Å². The first-order valence-electron chi connectivity index (χ1n) is 2.29. The van der Waals surface area contributed by atoms with Gasteiger partial charge in [0.25, 0.3) is 0 Å². The summed E-state index contributed by atoms with van der Waals surface area (Å²) in [4.78, 5) is 0. The normalized spacial score (nSPS) is 8.14. The van der Waals surface area contributed by atoms with Gasteiger partial charge in [-0.05, 0) is 12.6 Å². The Kier molecular flexibility index (Phi) is 4.03. The van der Waals surface area contributed by atoms with Gasteiger partial charge in [0.15, 0.2) is 0 Å². The Balaban J connectivity index is 3.17. The standard InChI is InChI=1S/C6H11P/c1-3-4-6(2)5-7/h3H,1-2,4-5,7H2. The lowest BCUT2D eigenvalue weighted by atomic mass is 10.2. The molecule has 0 aliphatic carbocycles. The van der Waals surface area contributed by atoms with Gasteiger partial charge < -0.3 is 0 Å². The van der Waals surface area contributed by atoms with Crippen LogP contribution in [0.15, 0.2) is 24.8 Å². The summed E-state index contributed by atoms with van der Waals surface area (Å²) in [5.41, 5.74) is 1.22. The highest BCUT2D eigenvalue weighted by molar-refractivity contribution is 7.16. The number of hydrogen-bond acceptors (Lipinski definition) is 0. The molecular formula is C6H11P. The first-order chi connectivity index (χ1) is 3.31. The number of rotatable bonds is 3. The molecule has 0 saturated carbocycles. The molecule has 0 spiro atoms. The largest absolute Gasteiger partial charge is 0.133 e. The maximum absolute atomic E-state index is 3.77. The zero-order valence-corrected chi connectivity index (χ0v) is 5.64. The summed E-state index contributed by atoms with van der Waals surface area (Å²) in [5.74, 6) is 0. The van der Waals surface area contributed by atoms with Crippen molar-refractivity contribution in [2.45, 2.75) is 6.42 Å². The van der Waals surface area contributed by atoms with Gasteiger partial charge in [-0.1, -0.05) is 18.2 Å². The summed E-state index contributed by atoms with van der Waals surface area (Å²) in [6, 6.07) is 0.